The average Bonchev–Trinajstić information content (AvgIpc) is 2.04. The van der Waals surface area contributed by atoms with Crippen LogP contribution >= 0.6 is 15.9 Å². The van der Waals surface area contributed by atoms with Gasteiger partial charge in [0.2, 0.25) is 8.87 Å². The second kappa shape index (κ2) is 3.87. The van der Waals surface area contributed by atoms with Crippen LogP contribution in [0.5, 0.6) is 0 Å². The van der Waals surface area contributed by atoms with E-state index >= 15 is 0 Å². The summed E-state index contributed by atoms with van der Waals surface area (Å²) in [7, 11) is -7.38. The molecule has 1 aromatic rings. The molecule has 0 saturated carbocycles. The molecule has 0 spiro atoms. The second-order valence-electron chi connectivity index (χ2n) is 2.09. The molecule has 13 heavy (non-hydrogen) atoms. The first-order valence-corrected chi connectivity index (χ1v) is 6.92. The van der Waals surface area contributed by atoms with Gasteiger partial charge in [-0.2, -0.15) is 0 Å². The van der Waals surface area contributed by atoms with Crippen LogP contribution in [-0.4, -0.2) is 17.2 Å². The van der Waals surface area contributed by atoms with E-state index in [1.807, 2.05) is 0 Å². The molecule has 4 nitrogen and oxygen atoms in total. The molecular weight excluding hydrogens is 280 g/mol. The van der Waals surface area contributed by atoms with Gasteiger partial charge in [0.25, 0.3) is 0 Å². The first-order chi connectivity index (χ1) is 5.96. The zero-order valence-electron chi connectivity index (χ0n) is 6.14. The third-order valence-corrected chi connectivity index (χ3v) is 5.11. The van der Waals surface area contributed by atoms with Crippen LogP contribution in [0, 0.1) is 0 Å². The Balaban J connectivity index is 3.40. The molecule has 1 aromatic carbocycles. The molecule has 0 fully saturated rings. The summed E-state index contributed by atoms with van der Waals surface area (Å²) in [4.78, 5) is -0.247. The standard InChI is InChI=1S/C6H5BrO4S2/c7-5-3-1-2-4-6(5)13(10,11)12(8)9/h1-4H,(H,8,9)/p-1. The summed E-state index contributed by atoms with van der Waals surface area (Å²) >= 11 is 2.95. The van der Waals surface area contributed by atoms with Crippen LogP contribution in [0.25, 0.3) is 0 Å². The highest BCUT2D eigenvalue weighted by Crippen LogP contribution is 2.23. The van der Waals surface area contributed by atoms with Crippen LogP contribution in [0.1, 0.15) is 0 Å². The first kappa shape index (κ1) is 10.8. The van der Waals surface area contributed by atoms with Crippen molar-refractivity contribution >= 4 is 34.9 Å². The van der Waals surface area contributed by atoms with Crippen LogP contribution < -0.4 is 0 Å². The smallest absolute Gasteiger partial charge is 0.246 e. The fourth-order valence-corrected chi connectivity index (χ4v) is 3.54. The van der Waals surface area contributed by atoms with Crippen LogP contribution in [-0.2, 0) is 19.0 Å². The Labute approximate surface area is 85.7 Å². The Morgan fingerprint density at radius 2 is 1.85 bits per heavy atom. The molecule has 0 aliphatic carbocycles. The Kier molecular flexibility index (Phi) is 3.23. The van der Waals surface area contributed by atoms with Crippen molar-refractivity contribution in [1.29, 1.82) is 0 Å². The van der Waals surface area contributed by atoms with Gasteiger partial charge >= 0.3 is 0 Å². The van der Waals surface area contributed by atoms with Gasteiger partial charge in [0.15, 0.2) is 0 Å². The van der Waals surface area contributed by atoms with Gasteiger partial charge in [0.1, 0.15) is 0 Å². The predicted molar refractivity (Wildman–Crippen MR) is 50.2 cm³/mol. The maximum Gasteiger partial charge on any atom is 0.246 e. The number of hydrogen-bond donors (Lipinski definition) is 0. The first-order valence-electron chi connectivity index (χ1n) is 3.05. The van der Waals surface area contributed by atoms with Crippen LogP contribution in [0.15, 0.2) is 33.6 Å². The van der Waals surface area contributed by atoms with Crippen molar-refractivity contribution < 1.29 is 17.2 Å². The maximum atomic E-state index is 11.1. The molecule has 72 valence electrons. The molecule has 1 atom stereocenters. The van der Waals surface area contributed by atoms with Gasteiger partial charge in [-0.25, -0.2) is 8.42 Å². The Hall–Kier alpha value is -0.240. The van der Waals surface area contributed by atoms with E-state index in [9.17, 15) is 17.2 Å². The van der Waals surface area contributed by atoms with Gasteiger partial charge in [-0.3, -0.25) is 4.21 Å². The number of hydrogen-bond acceptors (Lipinski definition) is 4. The topological polar surface area (TPSA) is 74.3 Å². The molecule has 7 heteroatoms. The number of benzene rings is 1. The van der Waals surface area contributed by atoms with E-state index in [1.54, 1.807) is 6.07 Å². The van der Waals surface area contributed by atoms with E-state index < -0.39 is 19.0 Å². The molecule has 0 heterocycles. The minimum absolute atomic E-state index is 0.235. The zero-order valence-corrected chi connectivity index (χ0v) is 9.36. The SMILES string of the molecule is O=S([O-])S(=O)(=O)c1ccccc1Br. The fraction of sp³-hybridized carbons (Fsp3) is 0. The Bertz CT molecular complexity index is 440. The molecular formula is C6H4BrO4S2-. The van der Waals surface area contributed by atoms with E-state index in [-0.39, 0.29) is 9.37 Å². The summed E-state index contributed by atoms with van der Waals surface area (Å²) in [6.07, 6.45) is 0. The van der Waals surface area contributed by atoms with Crippen LogP contribution in [0.3, 0.4) is 0 Å². The summed E-state index contributed by atoms with van der Waals surface area (Å²) in [5.41, 5.74) is 0. The van der Waals surface area contributed by atoms with E-state index in [4.69, 9.17) is 0 Å². The van der Waals surface area contributed by atoms with Crippen molar-refractivity contribution in [3.05, 3.63) is 28.7 Å². The molecule has 0 radical (unpaired) electrons. The van der Waals surface area contributed by atoms with Gasteiger partial charge in [0, 0.05) is 4.47 Å². The summed E-state index contributed by atoms with van der Waals surface area (Å²) < 4.78 is 43.2. The van der Waals surface area contributed by atoms with Crippen LogP contribution in [0.2, 0.25) is 0 Å². The van der Waals surface area contributed by atoms with Crippen molar-refractivity contribution in [3.8, 4) is 0 Å². The lowest BCUT2D eigenvalue weighted by Crippen LogP contribution is -2.08. The maximum absolute atomic E-state index is 11.1. The van der Waals surface area contributed by atoms with Crippen LogP contribution in [0.4, 0.5) is 0 Å². The average molecular weight is 284 g/mol. The summed E-state index contributed by atoms with van der Waals surface area (Å²) in [5, 5.41) is 0. The molecule has 0 aliphatic heterocycles. The highest BCUT2D eigenvalue weighted by Gasteiger charge is 2.17. The van der Waals surface area contributed by atoms with Crippen molar-refractivity contribution in [2.24, 2.45) is 0 Å². The molecule has 1 unspecified atom stereocenters. The number of rotatable bonds is 2. The van der Waals surface area contributed by atoms with Crippen molar-refractivity contribution in [3.63, 3.8) is 0 Å². The van der Waals surface area contributed by atoms with E-state index in [0.29, 0.717) is 0 Å². The third-order valence-electron chi connectivity index (χ3n) is 1.29. The minimum atomic E-state index is -4.24. The lowest BCUT2D eigenvalue weighted by Gasteiger charge is -2.07. The normalized spacial score (nSPS) is 14.0. The van der Waals surface area contributed by atoms with Gasteiger partial charge in [-0.1, -0.05) is 12.1 Å². The van der Waals surface area contributed by atoms with Gasteiger partial charge in [-0.05, 0) is 28.1 Å². The van der Waals surface area contributed by atoms with Gasteiger partial charge in [-0.15, -0.1) is 0 Å². The van der Waals surface area contributed by atoms with E-state index in [1.165, 1.54) is 18.2 Å². The molecule has 0 aliphatic rings. The third kappa shape index (κ3) is 2.16. The van der Waals surface area contributed by atoms with Gasteiger partial charge in [0.05, 0.1) is 15.0 Å². The quantitative estimate of drug-likeness (QED) is 0.600. The van der Waals surface area contributed by atoms with Crippen molar-refractivity contribution in [1.82, 2.24) is 0 Å². The monoisotopic (exact) mass is 283 g/mol. The fourth-order valence-electron chi connectivity index (χ4n) is 0.721. The lowest BCUT2D eigenvalue weighted by molar-refractivity contribution is 0.540. The molecule has 0 N–H and O–H groups in total. The highest BCUT2D eigenvalue weighted by molar-refractivity contribution is 9.10. The molecule has 0 aromatic heterocycles. The highest BCUT2D eigenvalue weighted by atomic mass is 79.9. The van der Waals surface area contributed by atoms with E-state index in [0.717, 1.165) is 0 Å². The summed E-state index contributed by atoms with van der Waals surface area (Å²) in [6.45, 7) is 0. The van der Waals surface area contributed by atoms with Crippen molar-refractivity contribution in [2.75, 3.05) is 0 Å². The lowest BCUT2D eigenvalue weighted by atomic mass is 10.4. The number of halogens is 1. The second-order valence-corrected chi connectivity index (χ2v) is 6.83. The van der Waals surface area contributed by atoms with Gasteiger partial charge < -0.3 is 4.55 Å². The molecule has 0 saturated heterocycles. The molecule has 1 rings (SSSR count). The minimum Gasteiger partial charge on any atom is -0.760 e. The zero-order chi connectivity index (χ0) is 10.1. The summed E-state index contributed by atoms with van der Waals surface area (Å²) in [5.74, 6) is 0. The predicted octanol–water partition coefficient (Wildman–Crippen LogP) is 1.02. The Morgan fingerprint density at radius 3 is 2.31 bits per heavy atom. The summed E-state index contributed by atoms with van der Waals surface area (Å²) in [6, 6.07) is 5.72. The largest absolute Gasteiger partial charge is 0.760 e. The van der Waals surface area contributed by atoms with Crippen molar-refractivity contribution in [2.45, 2.75) is 4.90 Å². The Morgan fingerprint density at radius 1 is 1.31 bits per heavy atom. The molecule has 0 bridgehead atoms. The molecule has 0 amide bonds. The van der Waals surface area contributed by atoms with E-state index in [2.05, 4.69) is 15.9 Å².